The summed E-state index contributed by atoms with van der Waals surface area (Å²) in [5.41, 5.74) is -0.538. The molecule has 0 aromatic carbocycles. The van der Waals surface area contributed by atoms with Crippen LogP contribution in [-0.4, -0.2) is 96.4 Å². The van der Waals surface area contributed by atoms with Gasteiger partial charge in [0.15, 0.2) is 0 Å². The second kappa shape index (κ2) is 6.94. The average molecular weight is 368 g/mol. The number of nitrogens with zero attached hydrogens (tertiary/aromatic N) is 3. The van der Waals surface area contributed by atoms with Crippen molar-refractivity contribution in [1.82, 2.24) is 20.0 Å². The van der Waals surface area contributed by atoms with Gasteiger partial charge in [-0.15, -0.1) is 0 Å². The lowest BCUT2D eigenvalue weighted by Crippen LogP contribution is -2.54. The number of hydrogen-bond acceptors (Lipinski definition) is 6. The van der Waals surface area contributed by atoms with Crippen LogP contribution in [0.2, 0.25) is 0 Å². The summed E-state index contributed by atoms with van der Waals surface area (Å²) in [6, 6.07) is -0.460. The van der Waals surface area contributed by atoms with Crippen LogP contribution in [0.3, 0.4) is 0 Å². The number of nitrogens with one attached hydrogen (secondary N) is 1. The van der Waals surface area contributed by atoms with Crippen molar-refractivity contribution in [3.63, 3.8) is 0 Å². The molecule has 0 aliphatic carbocycles. The number of urea groups is 1. The van der Waals surface area contributed by atoms with Crippen LogP contribution in [0.1, 0.15) is 27.2 Å². The van der Waals surface area contributed by atoms with Gasteiger partial charge in [0.2, 0.25) is 0 Å². The summed E-state index contributed by atoms with van der Waals surface area (Å²) in [5, 5.41) is 3.12. The van der Waals surface area contributed by atoms with E-state index in [0.29, 0.717) is 39.1 Å². The van der Waals surface area contributed by atoms with Crippen LogP contribution in [0.4, 0.5) is 9.59 Å². The quantitative estimate of drug-likeness (QED) is 0.703. The van der Waals surface area contributed by atoms with Gasteiger partial charge < -0.3 is 29.5 Å². The van der Waals surface area contributed by atoms with E-state index in [-0.39, 0.29) is 36.2 Å². The maximum Gasteiger partial charge on any atom is 0.410 e. The lowest BCUT2D eigenvalue weighted by molar-refractivity contribution is -0.142. The van der Waals surface area contributed by atoms with Crippen molar-refractivity contribution in [2.75, 3.05) is 39.8 Å². The molecule has 0 saturated carbocycles. The number of fused-ring (bicyclic) bond motifs is 1. The fourth-order valence-electron chi connectivity index (χ4n) is 3.81. The molecular weight excluding hydrogens is 340 g/mol. The number of amides is 3. The normalized spacial score (nSPS) is 29.0. The molecule has 0 unspecified atom stereocenters. The first-order valence-electron chi connectivity index (χ1n) is 9.06. The van der Waals surface area contributed by atoms with Gasteiger partial charge in [-0.2, -0.15) is 0 Å². The van der Waals surface area contributed by atoms with Gasteiger partial charge in [0.25, 0.3) is 0 Å². The molecule has 3 fully saturated rings. The monoisotopic (exact) mass is 368 g/mol. The van der Waals surface area contributed by atoms with E-state index in [1.54, 1.807) is 4.90 Å². The second-order valence-electron chi connectivity index (χ2n) is 8.08. The van der Waals surface area contributed by atoms with Crippen molar-refractivity contribution in [2.45, 2.75) is 50.9 Å². The molecule has 1 N–H and O–H groups in total. The predicted octanol–water partition coefficient (Wildman–Crippen LogP) is 0.247. The number of ether oxygens (including phenoxy) is 2. The maximum atomic E-state index is 12.8. The summed E-state index contributed by atoms with van der Waals surface area (Å²) in [7, 11) is 1.36. The fraction of sp³-hybridized carbons (Fsp3) is 0.824. The van der Waals surface area contributed by atoms with Gasteiger partial charge in [-0.3, -0.25) is 4.79 Å². The number of rotatable bonds is 2. The molecule has 0 aromatic rings. The van der Waals surface area contributed by atoms with E-state index in [4.69, 9.17) is 9.47 Å². The van der Waals surface area contributed by atoms with E-state index in [1.807, 2.05) is 30.6 Å². The molecular formula is C17H28N4O5. The van der Waals surface area contributed by atoms with Crippen molar-refractivity contribution in [2.24, 2.45) is 0 Å². The summed E-state index contributed by atoms with van der Waals surface area (Å²) >= 11 is 0. The van der Waals surface area contributed by atoms with Crippen LogP contribution in [0.5, 0.6) is 0 Å². The Balaban J connectivity index is 1.60. The number of carbonyl (C=O) groups excluding carboxylic acids is 3. The average Bonchev–Trinajstić information content (AvgIpc) is 3.17. The first-order chi connectivity index (χ1) is 12.2. The molecule has 0 spiro atoms. The zero-order valence-corrected chi connectivity index (χ0v) is 15.9. The van der Waals surface area contributed by atoms with Crippen LogP contribution in [0.25, 0.3) is 0 Å². The number of piperazine rings is 1. The Kier molecular flexibility index (Phi) is 5.01. The van der Waals surface area contributed by atoms with Gasteiger partial charge in [0.1, 0.15) is 11.6 Å². The maximum absolute atomic E-state index is 12.8. The Labute approximate surface area is 153 Å². The summed E-state index contributed by atoms with van der Waals surface area (Å²) in [6.45, 7) is 8.09. The lowest BCUT2D eigenvalue weighted by atomic mass is 10.1. The van der Waals surface area contributed by atoms with Crippen molar-refractivity contribution < 1.29 is 23.9 Å². The van der Waals surface area contributed by atoms with E-state index in [2.05, 4.69) is 5.32 Å². The highest BCUT2D eigenvalue weighted by molar-refractivity contribution is 5.80. The van der Waals surface area contributed by atoms with Crippen molar-refractivity contribution in [3.05, 3.63) is 0 Å². The summed E-state index contributed by atoms with van der Waals surface area (Å²) in [6.07, 6.45) is 0.214. The standard InChI is InChI=1S/C17H28N4O5/c1-17(2,3)26-16(24)19-5-6-20-12(9-19)10-21(15(20)23)11-7-13(18-8-11)14(22)25-4/h11-13,18H,5-10H2,1-4H3/t11-,12+,13-/m1/s1. The molecule has 3 heterocycles. The third-order valence-electron chi connectivity index (χ3n) is 5.07. The smallest absolute Gasteiger partial charge is 0.410 e. The first-order valence-corrected chi connectivity index (χ1v) is 9.06. The third-order valence-corrected chi connectivity index (χ3v) is 5.07. The van der Waals surface area contributed by atoms with Crippen LogP contribution in [0, 0.1) is 0 Å². The molecule has 3 amide bonds. The third kappa shape index (κ3) is 3.72. The number of methoxy groups -OCH3 is 1. The Morgan fingerprint density at radius 1 is 1.12 bits per heavy atom. The number of esters is 1. The van der Waals surface area contributed by atoms with Gasteiger partial charge in [0, 0.05) is 38.8 Å². The lowest BCUT2D eigenvalue weighted by Gasteiger charge is -2.37. The highest BCUT2D eigenvalue weighted by Crippen LogP contribution is 2.26. The summed E-state index contributed by atoms with van der Waals surface area (Å²) < 4.78 is 10.2. The van der Waals surface area contributed by atoms with Crippen molar-refractivity contribution in [1.29, 1.82) is 0 Å². The van der Waals surface area contributed by atoms with Crippen molar-refractivity contribution >= 4 is 18.1 Å². The van der Waals surface area contributed by atoms with E-state index in [0.717, 1.165) is 0 Å². The minimum absolute atomic E-state index is 0.0174. The molecule has 9 heteroatoms. The topological polar surface area (TPSA) is 91.4 Å². The SMILES string of the molecule is COC(=O)[C@H]1C[C@@H](N2C[C@@H]3CN(C(=O)OC(C)(C)C)CCN3C2=O)CN1. The molecule has 3 aliphatic rings. The molecule has 3 aliphatic heterocycles. The van der Waals surface area contributed by atoms with Crippen LogP contribution in [-0.2, 0) is 14.3 Å². The van der Waals surface area contributed by atoms with E-state index >= 15 is 0 Å². The van der Waals surface area contributed by atoms with Gasteiger partial charge in [-0.05, 0) is 27.2 Å². The molecule has 0 radical (unpaired) electrons. The van der Waals surface area contributed by atoms with Gasteiger partial charge in [-0.1, -0.05) is 0 Å². The molecule has 0 bridgehead atoms. The van der Waals surface area contributed by atoms with Crippen molar-refractivity contribution in [3.8, 4) is 0 Å². The Morgan fingerprint density at radius 3 is 2.50 bits per heavy atom. The zero-order chi connectivity index (χ0) is 19.1. The first kappa shape index (κ1) is 18.8. The molecule has 146 valence electrons. The highest BCUT2D eigenvalue weighted by Gasteiger charge is 2.46. The Hall–Kier alpha value is -2.03. The molecule has 0 aromatic heterocycles. The van der Waals surface area contributed by atoms with Gasteiger partial charge >= 0.3 is 18.1 Å². The molecule has 9 nitrogen and oxygen atoms in total. The molecule has 3 saturated heterocycles. The Morgan fingerprint density at radius 2 is 1.85 bits per heavy atom. The van der Waals surface area contributed by atoms with Crippen LogP contribution >= 0.6 is 0 Å². The summed E-state index contributed by atoms with van der Waals surface area (Å²) in [5.74, 6) is -0.298. The van der Waals surface area contributed by atoms with E-state index < -0.39 is 5.60 Å². The second-order valence-corrected chi connectivity index (χ2v) is 8.08. The van der Waals surface area contributed by atoms with Crippen LogP contribution in [0.15, 0.2) is 0 Å². The molecule has 26 heavy (non-hydrogen) atoms. The predicted molar refractivity (Wildman–Crippen MR) is 92.6 cm³/mol. The molecule has 3 atom stereocenters. The number of carbonyl (C=O) groups is 3. The van der Waals surface area contributed by atoms with Gasteiger partial charge in [-0.25, -0.2) is 9.59 Å². The molecule has 3 rings (SSSR count). The Bertz CT molecular complexity index is 590. The highest BCUT2D eigenvalue weighted by atomic mass is 16.6. The minimum Gasteiger partial charge on any atom is -0.468 e. The van der Waals surface area contributed by atoms with E-state index in [9.17, 15) is 14.4 Å². The van der Waals surface area contributed by atoms with Crippen LogP contribution < -0.4 is 5.32 Å². The zero-order valence-electron chi connectivity index (χ0n) is 15.9. The number of hydrogen-bond donors (Lipinski definition) is 1. The fourth-order valence-corrected chi connectivity index (χ4v) is 3.81. The minimum atomic E-state index is -0.538. The van der Waals surface area contributed by atoms with E-state index in [1.165, 1.54) is 7.11 Å². The summed E-state index contributed by atoms with van der Waals surface area (Å²) in [4.78, 5) is 42.0. The largest absolute Gasteiger partial charge is 0.468 e. The van der Waals surface area contributed by atoms with Gasteiger partial charge in [0.05, 0.1) is 13.2 Å².